The van der Waals surface area contributed by atoms with E-state index in [4.69, 9.17) is 0 Å². The minimum Gasteiger partial charge on any atom is -0.337 e. The van der Waals surface area contributed by atoms with E-state index in [1.807, 2.05) is 39.9 Å². The standard InChI is InChI=1S/C14H18N4O/c1-11-9-15-5-7-18(11)14(19)8-12-10-17-6-3-2-4-13(17)16-12/h2-4,6,10-11,15H,5,7-9H2,1H3/t11-/m1/s1. The molecule has 0 unspecified atom stereocenters. The van der Waals surface area contributed by atoms with Crippen molar-refractivity contribution in [2.75, 3.05) is 19.6 Å². The van der Waals surface area contributed by atoms with E-state index in [2.05, 4.69) is 17.2 Å². The molecule has 19 heavy (non-hydrogen) atoms. The van der Waals surface area contributed by atoms with Crippen LogP contribution in [0, 0.1) is 0 Å². The maximum Gasteiger partial charge on any atom is 0.228 e. The van der Waals surface area contributed by atoms with Crippen LogP contribution in [0.25, 0.3) is 5.65 Å². The third-order valence-corrected chi connectivity index (χ3v) is 3.57. The van der Waals surface area contributed by atoms with Gasteiger partial charge in [0.15, 0.2) is 0 Å². The molecule has 1 atom stereocenters. The molecule has 100 valence electrons. The summed E-state index contributed by atoms with van der Waals surface area (Å²) in [5, 5.41) is 3.29. The Bertz CT molecular complexity index is 559. The van der Waals surface area contributed by atoms with Crippen LogP contribution in [0.5, 0.6) is 0 Å². The summed E-state index contributed by atoms with van der Waals surface area (Å²) in [4.78, 5) is 18.7. The normalized spacial score (nSPS) is 19.8. The van der Waals surface area contributed by atoms with Crippen LogP contribution in [0.1, 0.15) is 12.6 Å². The van der Waals surface area contributed by atoms with Gasteiger partial charge in [0, 0.05) is 38.1 Å². The topological polar surface area (TPSA) is 49.6 Å². The van der Waals surface area contributed by atoms with Crippen LogP contribution in [-0.4, -0.2) is 45.9 Å². The van der Waals surface area contributed by atoms with E-state index in [0.29, 0.717) is 6.42 Å². The molecular weight excluding hydrogens is 240 g/mol. The molecule has 0 spiro atoms. The van der Waals surface area contributed by atoms with Crippen molar-refractivity contribution >= 4 is 11.6 Å². The Morgan fingerprint density at radius 2 is 2.42 bits per heavy atom. The third-order valence-electron chi connectivity index (χ3n) is 3.57. The highest BCUT2D eigenvalue weighted by atomic mass is 16.2. The smallest absolute Gasteiger partial charge is 0.228 e. The van der Waals surface area contributed by atoms with Gasteiger partial charge in [0.1, 0.15) is 5.65 Å². The molecule has 2 aromatic heterocycles. The number of fused-ring (bicyclic) bond motifs is 1. The quantitative estimate of drug-likeness (QED) is 0.862. The number of piperazine rings is 1. The number of amides is 1. The van der Waals surface area contributed by atoms with Crippen LogP contribution in [-0.2, 0) is 11.2 Å². The Labute approximate surface area is 112 Å². The fourth-order valence-electron chi connectivity index (χ4n) is 2.54. The predicted molar refractivity (Wildman–Crippen MR) is 72.9 cm³/mol. The molecule has 5 heteroatoms. The molecule has 1 saturated heterocycles. The minimum atomic E-state index is 0.164. The first-order chi connectivity index (χ1) is 9.24. The van der Waals surface area contributed by atoms with Gasteiger partial charge < -0.3 is 14.6 Å². The zero-order valence-electron chi connectivity index (χ0n) is 11.0. The largest absolute Gasteiger partial charge is 0.337 e. The lowest BCUT2D eigenvalue weighted by Crippen LogP contribution is -2.52. The second-order valence-corrected chi connectivity index (χ2v) is 5.02. The SMILES string of the molecule is C[C@@H]1CNCCN1C(=O)Cc1cn2ccccc2n1. The van der Waals surface area contributed by atoms with Crippen molar-refractivity contribution in [1.29, 1.82) is 0 Å². The number of imidazole rings is 1. The highest BCUT2D eigenvalue weighted by Gasteiger charge is 2.23. The van der Waals surface area contributed by atoms with Gasteiger partial charge in [0.2, 0.25) is 5.91 Å². The summed E-state index contributed by atoms with van der Waals surface area (Å²) >= 11 is 0. The predicted octanol–water partition coefficient (Wildman–Crippen LogP) is 0.697. The number of carbonyl (C=O) groups excluding carboxylic acids is 1. The molecule has 1 N–H and O–H groups in total. The molecule has 5 nitrogen and oxygen atoms in total. The van der Waals surface area contributed by atoms with Gasteiger partial charge >= 0.3 is 0 Å². The molecule has 1 aliphatic rings. The number of rotatable bonds is 2. The summed E-state index contributed by atoms with van der Waals surface area (Å²) in [6.45, 7) is 4.61. The van der Waals surface area contributed by atoms with Gasteiger partial charge in [-0.25, -0.2) is 4.98 Å². The van der Waals surface area contributed by atoms with Gasteiger partial charge in [-0.1, -0.05) is 6.07 Å². The zero-order valence-corrected chi connectivity index (χ0v) is 11.0. The van der Waals surface area contributed by atoms with E-state index in [-0.39, 0.29) is 11.9 Å². The lowest BCUT2D eigenvalue weighted by molar-refractivity contribution is -0.133. The van der Waals surface area contributed by atoms with Crippen LogP contribution in [0.4, 0.5) is 0 Å². The first-order valence-electron chi connectivity index (χ1n) is 6.67. The highest BCUT2D eigenvalue weighted by Crippen LogP contribution is 2.09. The zero-order chi connectivity index (χ0) is 13.2. The van der Waals surface area contributed by atoms with Crippen LogP contribution >= 0.6 is 0 Å². The first kappa shape index (κ1) is 12.2. The van der Waals surface area contributed by atoms with Crippen molar-refractivity contribution in [2.24, 2.45) is 0 Å². The van der Waals surface area contributed by atoms with E-state index in [1.165, 1.54) is 0 Å². The van der Waals surface area contributed by atoms with Crippen molar-refractivity contribution in [3.05, 3.63) is 36.3 Å². The molecule has 0 aliphatic carbocycles. The molecule has 3 rings (SSSR count). The summed E-state index contributed by atoms with van der Waals surface area (Å²) in [5.74, 6) is 0.164. The highest BCUT2D eigenvalue weighted by molar-refractivity contribution is 5.79. The molecule has 0 aromatic carbocycles. The van der Waals surface area contributed by atoms with E-state index in [1.54, 1.807) is 0 Å². The van der Waals surface area contributed by atoms with Crippen LogP contribution in [0.3, 0.4) is 0 Å². The Kier molecular flexibility index (Phi) is 3.21. The van der Waals surface area contributed by atoms with Gasteiger partial charge in [-0.05, 0) is 19.1 Å². The fourth-order valence-corrected chi connectivity index (χ4v) is 2.54. The second kappa shape index (κ2) is 5.01. The van der Waals surface area contributed by atoms with Gasteiger partial charge in [0.05, 0.1) is 12.1 Å². The van der Waals surface area contributed by atoms with E-state index in [0.717, 1.165) is 31.0 Å². The molecule has 1 fully saturated rings. The van der Waals surface area contributed by atoms with Crippen molar-refractivity contribution < 1.29 is 4.79 Å². The molecule has 1 amide bonds. The molecule has 2 aromatic rings. The van der Waals surface area contributed by atoms with Crippen LogP contribution in [0.2, 0.25) is 0 Å². The molecule has 0 saturated carbocycles. The Morgan fingerprint density at radius 1 is 1.53 bits per heavy atom. The van der Waals surface area contributed by atoms with Gasteiger partial charge in [-0.3, -0.25) is 4.79 Å². The van der Waals surface area contributed by atoms with Gasteiger partial charge in [-0.15, -0.1) is 0 Å². The summed E-state index contributed by atoms with van der Waals surface area (Å²) in [7, 11) is 0. The number of carbonyl (C=O) groups is 1. The Morgan fingerprint density at radius 3 is 3.21 bits per heavy atom. The van der Waals surface area contributed by atoms with E-state index >= 15 is 0 Å². The molecule has 1 aliphatic heterocycles. The average molecular weight is 258 g/mol. The van der Waals surface area contributed by atoms with Crippen molar-refractivity contribution in [1.82, 2.24) is 19.6 Å². The number of pyridine rings is 1. The minimum absolute atomic E-state index is 0.164. The maximum atomic E-state index is 12.3. The maximum absolute atomic E-state index is 12.3. The van der Waals surface area contributed by atoms with E-state index in [9.17, 15) is 4.79 Å². The van der Waals surface area contributed by atoms with Crippen molar-refractivity contribution in [3.8, 4) is 0 Å². The third kappa shape index (κ3) is 2.46. The molecule has 0 radical (unpaired) electrons. The number of nitrogens with zero attached hydrogens (tertiary/aromatic N) is 3. The summed E-state index contributed by atoms with van der Waals surface area (Å²) in [6, 6.07) is 6.12. The summed E-state index contributed by atoms with van der Waals surface area (Å²) in [5.41, 5.74) is 1.72. The molecule has 3 heterocycles. The van der Waals surface area contributed by atoms with Crippen molar-refractivity contribution in [3.63, 3.8) is 0 Å². The lowest BCUT2D eigenvalue weighted by atomic mass is 10.2. The number of aromatic nitrogens is 2. The Balaban J connectivity index is 1.75. The van der Waals surface area contributed by atoms with E-state index < -0.39 is 0 Å². The first-order valence-corrected chi connectivity index (χ1v) is 6.67. The Hall–Kier alpha value is -1.88. The average Bonchev–Trinajstić information content (AvgIpc) is 2.81. The number of nitrogens with one attached hydrogen (secondary N) is 1. The summed E-state index contributed by atoms with van der Waals surface area (Å²) < 4.78 is 1.95. The van der Waals surface area contributed by atoms with Crippen molar-refractivity contribution in [2.45, 2.75) is 19.4 Å². The molecular formula is C14H18N4O. The van der Waals surface area contributed by atoms with Gasteiger partial charge in [0.25, 0.3) is 0 Å². The monoisotopic (exact) mass is 258 g/mol. The lowest BCUT2D eigenvalue weighted by Gasteiger charge is -2.33. The van der Waals surface area contributed by atoms with Gasteiger partial charge in [-0.2, -0.15) is 0 Å². The fraction of sp³-hybridized carbons (Fsp3) is 0.429. The molecule has 0 bridgehead atoms. The van der Waals surface area contributed by atoms with Crippen LogP contribution < -0.4 is 5.32 Å². The summed E-state index contributed by atoms with van der Waals surface area (Å²) in [6.07, 6.45) is 4.26. The van der Waals surface area contributed by atoms with Crippen LogP contribution in [0.15, 0.2) is 30.6 Å². The second-order valence-electron chi connectivity index (χ2n) is 5.02. The number of hydrogen-bond acceptors (Lipinski definition) is 3. The number of hydrogen-bond donors (Lipinski definition) is 1.